The molecule has 1 aliphatic carbocycles. The lowest BCUT2D eigenvalue weighted by molar-refractivity contribution is -0.132. The first-order valence-electron chi connectivity index (χ1n) is 7.61. The lowest BCUT2D eigenvalue weighted by atomic mass is 9.85. The van der Waals surface area contributed by atoms with Crippen molar-refractivity contribution in [2.45, 2.75) is 58.0 Å². The number of likely N-dealkylation sites (N-methyl/N-ethyl adjacent to an activating group) is 1. The van der Waals surface area contributed by atoms with Crippen molar-refractivity contribution in [3.8, 4) is 0 Å². The van der Waals surface area contributed by atoms with Gasteiger partial charge in [0.1, 0.15) is 0 Å². The van der Waals surface area contributed by atoms with Crippen LogP contribution in [-0.4, -0.2) is 23.9 Å². The predicted octanol–water partition coefficient (Wildman–Crippen LogP) is 3.31. The molecule has 1 unspecified atom stereocenters. The van der Waals surface area contributed by atoms with Gasteiger partial charge in [-0.2, -0.15) is 0 Å². The number of carbonyl (C=O) groups excluding carboxylic acids is 1. The Balaban J connectivity index is 1.84. The second-order valence-corrected chi connectivity index (χ2v) is 7.07. The summed E-state index contributed by atoms with van der Waals surface area (Å²) in [5.41, 5.74) is 7.39. The molecule has 0 aromatic carbocycles. The first kappa shape index (κ1) is 15.5. The third-order valence-electron chi connectivity index (χ3n) is 4.35. The summed E-state index contributed by atoms with van der Waals surface area (Å²) in [4.78, 5) is 15.4. The highest BCUT2D eigenvalue weighted by Crippen LogP contribution is 2.27. The van der Waals surface area contributed by atoms with Crippen molar-refractivity contribution in [2.24, 2.45) is 11.7 Å². The summed E-state index contributed by atoms with van der Waals surface area (Å²) in [6.45, 7) is 2.77. The molecule has 20 heavy (non-hydrogen) atoms. The first-order valence-corrected chi connectivity index (χ1v) is 8.49. The predicted molar refractivity (Wildman–Crippen MR) is 84.7 cm³/mol. The zero-order valence-corrected chi connectivity index (χ0v) is 13.4. The standard InChI is InChI=1S/C16H26N2OS/c1-12-8-9-20-15(12)11-18(2)16(19)14(17)10-13-6-4-3-5-7-13/h8-9,13-14H,3-7,10-11,17H2,1-2H3. The fourth-order valence-electron chi connectivity index (χ4n) is 3.03. The molecule has 1 aromatic heterocycles. The van der Waals surface area contributed by atoms with Crippen LogP contribution < -0.4 is 5.73 Å². The topological polar surface area (TPSA) is 46.3 Å². The molecule has 1 aliphatic rings. The Hall–Kier alpha value is -0.870. The molecule has 4 heteroatoms. The van der Waals surface area contributed by atoms with Gasteiger partial charge in [0.05, 0.1) is 12.6 Å². The SMILES string of the molecule is Cc1ccsc1CN(C)C(=O)C(N)CC1CCCCC1. The number of rotatable bonds is 5. The van der Waals surface area contributed by atoms with Crippen LogP contribution in [0, 0.1) is 12.8 Å². The number of nitrogens with two attached hydrogens (primary N) is 1. The Morgan fingerprint density at radius 3 is 2.75 bits per heavy atom. The fraction of sp³-hybridized carbons (Fsp3) is 0.688. The number of amides is 1. The average molecular weight is 294 g/mol. The van der Waals surface area contributed by atoms with E-state index in [0.29, 0.717) is 12.5 Å². The van der Waals surface area contributed by atoms with Gasteiger partial charge in [-0.15, -0.1) is 11.3 Å². The molecule has 0 spiro atoms. The zero-order valence-electron chi connectivity index (χ0n) is 12.6. The maximum absolute atomic E-state index is 12.4. The summed E-state index contributed by atoms with van der Waals surface area (Å²) >= 11 is 1.71. The summed E-state index contributed by atoms with van der Waals surface area (Å²) in [6.07, 6.45) is 7.29. The van der Waals surface area contributed by atoms with Crippen molar-refractivity contribution in [3.05, 3.63) is 21.9 Å². The van der Waals surface area contributed by atoms with E-state index in [-0.39, 0.29) is 11.9 Å². The fourth-order valence-corrected chi connectivity index (χ4v) is 3.98. The van der Waals surface area contributed by atoms with E-state index in [9.17, 15) is 4.79 Å². The van der Waals surface area contributed by atoms with Gasteiger partial charge in [0, 0.05) is 11.9 Å². The minimum Gasteiger partial charge on any atom is -0.339 e. The molecule has 1 atom stereocenters. The van der Waals surface area contributed by atoms with Crippen LogP contribution in [0.2, 0.25) is 0 Å². The molecular formula is C16H26N2OS. The number of aryl methyl sites for hydroxylation is 1. The van der Waals surface area contributed by atoms with Gasteiger partial charge >= 0.3 is 0 Å². The number of carbonyl (C=O) groups is 1. The van der Waals surface area contributed by atoms with Gasteiger partial charge in [-0.1, -0.05) is 32.1 Å². The van der Waals surface area contributed by atoms with Gasteiger partial charge in [-0.25, -0.2) is 0 Å². The van der Waals surface area contributed by atoms with Crippen molar-refractivity contribution in [3.63, 3.8) is 0 Å². The van der Waals surface area contributed by atoms with Crippen LogP contribution in [0.5, 0.6) is 0 Å². The van der Waals surface area contributed by atoms with Crippen LogP contribution >= 0.6 is 11.3 Å². The Morgan fingerprint density at radius 1 is 1.45 bits per heavy atom. The zero-order chi connectivity index (χ0) is 14.5. The van der Waals surface area contributed by atoms with E-state index < -0.39 is 0 Å². The van der Waals surface area contributed by atoms with Crippen LogP contribution in [0.15, 0.2) is 11.4 Å². The summed E-state index contributed by atoms with van der Waals surface area (Å²) in [6, 6.07) is 1.77. The van der Waals surface area contributed by atoms with Crippen molar-refractivity contribution < 1.29 is 4.79 Å². The Bertz CT molecular complexity index is 437. The second kappa shape index (κ2) is 7.23. The van der Waals surface area contributed by atoms with Crippen LogP contribution in [0.3, 0.4) is 0 Å². The maximum atomic E-state index is 12.4. The molecule has 1 fully saturated rings. The van der Waals surface area contributed by atoms with Gasteiger partial charge < -0.3 is 10.6 Å². The Kier molecular flexibility index (Phi) is 5.61. The van der Waals surface area contributed by atoms with E-state index in [1.165, 1.54) is 42.5 Å². The minimum atomic E-state index is -0.330. The van der Waals surface area contributed by atoms with Crippen molar-refractivity contribution in [1.29, 1.82) is 0 Å². The van der Waals surface area contributed by atoms with Crippen molar-refractivity contribution in [2.75, 3.05) is 7.05 Å². The monoisotopic (exact) mass is 294 g/mol. The summed E-state index contributed by atoms with van der Waals surface area (Å²) in [5, 5.41) is 2.07. The van der Waals surface area contributed by atoms with E-state index in [0.717, 1.165) is 6.42 Å². The minimum absolute atomic E-state index is 0.0865. The van der Waals surface area contributed by atoms with E-state index in [1.807, 2.05) is 7.05 Å². The molecule has 3 nitrogen and oxygen atoms in total. The third-order valence-corrected chi connectivity index (χ3v) is 5.36. The quantitative estimate of drug-likeness (QED) is 0.905. The van der Waals surface area contributed by atoms with Gasteiger partial charge in [0.15, 0.2) is 0 Å². The smallest absolute Gasteiger partial charge is 0.239 e. The molecule has 0 aliphatic heterocycles. The molecule has 1 aromatic rings. The number of nitrogens with zero attached hydrogens (tertiary/aromatic N) is 1. The van der Waals surface area contributed by atoms with Crippen molar-refractivity contribution in [1.82, 2.24) is 4.90 Å². The summed E-state index contributed by atoms with van der Waals surface area (Å²) in [7, 11) is 1.86. The Morgan fingerprint density at radius 2 is 2.15 bits per heavy atom. The number of hydrogen-bond acceptors (Lipinski definition) is 3. The molecular weight excluding hydrogens is 268 g/mol. The molecule has 1 heterocycles. The van der Waals surface area contributed by atoms with Crippen LogP contribution in [0.1, 0.15) is 49.0 Å². The van der Waals surface area contributed by atoms with Crippen LogP contribution in [0.4, 0.5) is 0 Å². The van der Waals surface area contributed by atoms with E-state index in [4.69, 9.17) is 5.73 Å². The molecule has 2 rings (SSSR count). The molecule has 0 bridgehead atoms. The molecule has 0 radical (unpaired) electrons. The first-order chi connectivity index (χ1) is 9.58. The largest absolute Gasteiger partial charge is 0.339 e. The van der Waals surface area contributed by atoms with Gasteiger partial charge in [-0.05, 0) is 36.3 Å². The lowest BCUT2D eigenvalue weighted by Crippen LogP contribution is -2.42. The molecule has 0 saturated heterocycles. The molecule has 1 amide bonds. The highest BCUT2D eigenvalue weighted by Gasteiger charge is 2.23. The van der Waals surface area contributed by atoms with Crippen LogP contribution in [-0.2, 0) is 11.3 Å². The lowest BCUT2D eigenvalue weighted by Gasteiger charge is -2.26. The Labute approximate surface area is 126 Å². The van der Waals surface area contributed by atoms with E-state index >= 15 is 0 Å². The highest BCUT2D eigenvalue weighted by atomic mass is 32.1. The van der Waals surface area contributed by atoms with Gasteiger partial charge in [0.2, 0.25) is 5.91 Å². The van der Waals surface area contributed by atoms with Gasteiger partial charge in [0.25, 0.3) is 0 Å². The van der Waals surface area contributed by atoms with E-state index in [1.54, 1.807) is 16.2 Å². The van der Waals surface area contributed by atoms with Crippen LogP contribution in [0.25, 0.3) is 0 Å². The number of thiophene rings is 1. The molecule has 1 saturated carbocycles. The molecule has 2 N–H and O–H groups in total. The maximum Gasteiger partial charge on any atom is 0.239 e. The van der Waals surface area contributed by atoms with E-state index in [2.05, 4.69) is 18.4 Å². The number of hydrogen-bond donors (Lipinski definition) is 1. The van der Waals surface area contributed by atoms with Gasteiger partial charge in [-0.3, -0.25) is 4.79 Å². The summed E-state index contributed by atoms with van der Waals surface area (Å²) in [5.74, 6) is 0.739. The summed E-state index contributed by atoms with van der Waals surface area (Å²) < 4.78 is 0. The molecule has 112 valence electrons. The second-order valence-electron chi connectivity index (χ2n) is 6.07. The van der Waals surface area contributed by atoms with Crippen molar-refractivity contribution >= 4 is 17.2 Å². The third kappa shape index (κ3) is 4.06. The average Bonchev–Trinajstić information content (AvgIpc) is 2.84. The highest BCUT2D eigenvalue weighted by molar-refractivity contribution is 7.10. The normalized spacial score (nSPS) is 17.9.